The van der Waals surface area contributed by atoms with Gasteiger partial charge in [0.05, 0.1) is 6.54 Å². The van der Waals surface area contributed by atoms with Gasteiger partial charge < -0.3 is 0 Å². The second-order valence-corrected chi connectivity index (χ2v) is 5.34. The number of nitrogens with one attached hydrogen (secondary N) is 1. The molecule has 0 aliphatic heterocycles. The highest BCUT2D eigenvalue weighted by Gasteiger charge is 2.23. The number of H-pyrrole nitrogens is 1. The average molecular weight is 240 g/mol. The van der Waals surface area contributed by atoms with Crippen molar-refractivity contribution < 1.29 is 0 Å². The largest absolute Gasteiger partial charge is 0.242 e. The summed E-state index contributed by atoms with van der Waals surface area (Å²) in [4.78, 5) is 1.33. The fraction of sp³-hybridized carbons (Fsp3) is 0.444. The molecule has 0 amide bonds. The van der Waals surface area contributed by atoms with Gasteiger partial charge >= 0.3 is 0 Å². The van der Waals surface area contributed by atoms with Gasteiger partial charge in [0.15, 0.2) is 0 Å². The predicted octanol–water partition coefficient (Wildman–Crippen LogP) is 2.37. The van der Waals surface area contributed by atoms with Crippen LogP contribution in [0.1, 0.15) is 18.7 Å². The smallest absolute Gasteiger partial charge is 0.238 e. The highest BCUT2D eigenvalue weighted by atomic mass is 32.1. The molecule has 0 unspecified atom stereocenters. The lowest BCUT2D eigenvalue weighted by atomic mass is 9.92. The Balaban J connectivity index is 2.26. The van der Waals surface area contributed by atoms with Crippen LogP contribution < -0.4 is 0 Å². The molecule has 0 saturated heterocycles. The first-order valence-electron chi connectivity index (χ1n) is 4.61. The van der Waals surface area contributed by atoms with Gasteiger partial charge in [0, 0.05) is 10.3 Å². The lowest BCUT2D eigenvalue weighted by Gasteiger charge is -2.22. The Bertz CT molecular complexity index is 480. The van der Waals surface area contributed by atoms with E-state index in [1.54, 1.807) is 16.0 Å². The molecule has 4 nitrogen and oxygen atoms in total. The molecule has 0 spiro atoms. The monoisotopic (exact) mass is 240 g/mol. The van der Waals surface area contributed by atoms with E-state index in [4.69, 9.17) is 12.2 Å². The van der Waals surface area contributed by atoms with E-state index in [0.717, 1.165) is 6.54 Å². The number of thiophene rings is 1. The van der Waals surface area contributed by atoms with Crippen LogP contribution in [0.25, 0.3) is 0 Å². The molecule has 0 radical (unpaired) electrons. The number of aromatic amines is 1. The summed E-state index contributed by atoms with van der Waals surface area (Å²) < 4.78 is 2.29. The van der Waals surface area contributed by atoms with Crippen molar-refractivity contribution in [3.8, 4) is 0 Å². The molecule has 2 heterocycles. The van der Waals surface area contributed by atoms with E-state index in [9.17, 15) is 0 Å². The maximum absolute atomic E-state index is 5.04. The Kier molecular flexibility index (Phi) is 2.70. The first-order chi connectivity index (χ1) is 7.09. The number of hydrogen-bond acceptors (Lipinski definition) is 4. The van der Waals surface area contributed by atoms with Crippen LogP contribution in [0, 0.1) is 4.77 Å². The van der Waals surface area contributed by atoms with E-state index >= 15 is 0 Å². The van der Waals surface area contributed by atoms with E-state index in [1.807, 2.05) is 0 Å². The standard InChI is InChI=1S/C9H12N4S2/c1-9(2,7-4-3-5-15-7)6-13-8(14)10-11-12-13/h3-5H,6H2,1-2H3,(H,10,12,14). The molecule has 0 aliphatic carbocycles. The van der Waals surface area contributed by atoms with Gasteiger partial charge in [-0.05, 0) is 23.7 Å². The molecular weight excluding hydrogens is 228 g/mol. The predicted molar refractivity (Wildman–Crippen MR) is 62.6 cm³/mol. The van der Waals surface area contributed by atoms with Gasteiger partial charge in [-0.3, -0.25) is 0 Å². The van der Waals surface area contributed by atoms with Crippen LogP contribution in [-0.4, -0.2) is 20.2 Å². The topological polar surface area (TPSA) is 46.5 Å². The van der Waals surface area contributed by atoms with Crippen molar-refractivity contribution in [3.05, 3.63) is 27.2 Å². The van der Waals surface area contributed by atoms with Gasteiger partial charge in [-0.25, -0.2) is 4.68 Å². The van der Waals surface area contributed by atoms with Crippen molar-refractivity contribution in [2.24, 2.45) is 0 Å². The summed E-state index contributed by atoms with van der Waals surface area (Å²) >= 11 is 6.80. The van der Waals surface area contributed by atoms with Gasteiger partial charge in [-0.1, -0.05) is 30.2 Å². The molecule has 6 heteroatoms. The van der Waals surface area contributed by atoms with Crippen molar-refractivity contribution in [3.63, 3.8) is 0 Å². The summed E-state index contributed by atoms with van der Waals surface area (Å²) in [6.45, 7) is 5.13. The number of rotatable bonds is 3. The lowest BCUT2D eigenvalue weighted by Crippen LogP contribution is -2.24. The molecule has 0 fully saturated rings. The Morgan fingerprint density at radius 2 is 2.40 bits per heavy atom. The molecule has 0 saturated carbocycles. The molecule has 2 rings (SSSR count). The van der Waals surface area contributed by atoms with Crippen molar-refractivity contribution >= 4 is 23.6 Å². The fourth-order valence-corrected chi connectivity index (χ4v) is 2.45. The Hall–Kier alpha value is -1.01. The number of nitrogens with zero attached hydrogens (tertiary/aromatic N) is 3. The molecule has 1 N–H and O–H groups in total. The van der Waals surface area contributed by atoms with E-state index in [2.05, 4.69) is 46.9 Å². The molecule has 0 bridgehead atoms. The first-order valence-corrected chi connectivity index (χ1v) is 5.90. The van der Waals surface area contributed by atoms with Crippen LogP contribution in [0.3, 0.4) is 0 Å². The van der Waals surface area contributed by atoms with E-state index in [1.165, 1.54) is 4.88 Å². The van der Waals surface area contributed by atoms with Crippen molar-refractivity contribution in [1.82, 2.24) is 20.2 Å². The molecule has 15 heavy (non-hydrogen) atoms. The van der Waals surface area contributed by atoms with Gasteiger partial charge in [-0.15, -0.1) is 11.3 Å². The Morgan fingerprint density at radius 3 is 2.93 bits per heavy atom. The summed E-state index contributed by atoms with van der Waals surface area (Å²) in [5.41, 5.74) is 0.0423. The van der Waals surface area contributed by atoms with Crippen molar-refractivity contribution in [2.45, 2.75) is 25.8 Å². The minimum atomic E-state index is 0.0423. The van der Waals surface area contributed by atoms with Crippen LogP contribution in [0.4, 0.5) is 0 Å². The minimum Gasteiger partial charge on any atom is -0.242 e. The third-order valence-electron chi connectivity index (χ3n) is 2.27. The third kappa shape index (κ3) is 2.15. The molecule has 0 aliphatic rings. The van der Waals surface area contributed by atoms with Crippen LogP contribution in [-0.2, 0) is 12.0 Å². The molecule has 0 atom stereocenters. The average Bonchev–Trinajstić information content (AvgIpc) is 2.77. The first kappa shape index (κ1) is 10.5. The van der Waals surface area contributed by atoms with Crippen molar-refractivity contribution in [2.75, 3.05) is 0 Å². The van der Waals surface area contributed by atoms with E-state index in [-0.39, 0.29) is 5.41 Å². The summed E-state index contributed by atoms with van der Waals surface area (Å²) in [7, 11) is 0. The summed E-state index contributed by atoms with van der Waals surface area (Å²) in [6.07, 6.45) is 0. The van der Waals surface area contributed by atoms with Crippen LogP contribution in [0.15, 0.2) is 17.5 Å². The SMILES string of the molecule is CC(C)(Cn1[nH]nnc1=S)c1cccs1. The van der Waals surface area contributed by atoms with E-state index < -0.39 is 0 Å². The van der Waals surface area contributed by atoms with Gasteiger partial charge in [0.25, 0.3) is 0 Å². The van der Waals surface area contributed by atoms with E-state index in [0.29, 0.717) is 4.77 Å². The zero-order chi connectivity index (χ0) is 10.9. The maximum Gasteiger partial charge on any atom is 0.238 e. The Labute approximate surface area is 96.9 Å². The second kappa shape index (κ2) is 3.86. The molecular formula is C9H12N4S2. The number of hydrogen-bond donors (Lipinski definition) is 1. The normalized spacial score (nSPS) is 11.9. The zero-order valence-electron chi connectivity index (χ0n) is 8.60. The summed E-state index contributed by atoms with van der Waals surface area (Å²) in [5, 5.41) is 12.3. The molecule has 0 aromatic carbocycles. The number of tetrazole rings is 1. The fourth-order valence-electron chi connectivity index (χ4n) is 1.46. The van der Waals surface area contributed by atoms with Crippen LogP contribution in [0.2, 0.25) is 0 Å². The summed E-state index contributed by atoms with van der Waals surface area (Å²) in [5.74, 6) is 0. The second-order valence-electron chi connectivity index (χ2n) is 4.03. The zero-order valence-corrected chi connectivity index (χ0v) is 10.2. The quantitative estimate of drug-likeness (QED) is 0.838. The summed E-state index contributed by atoms with van der Waals surface area (Å²) in [6, 6.07) is 4.20. The third-order valence-corrected chi connectivity index (χ3v) is 3.81. The minimum absolute atomic E-state index is 0.0423. The molecule has 2 aromatic rings. The van der Waals surface area contributed by atoms with Crippen molar-refractivity contribution in [1.29, 1.82) is 0 Å². The maximum atomic E-state index is 5.04. The van der Waals surface area contributed by atoms with Gasteiger partial charge in [0.2, 0.25) is 4.77 Å². The Morgan fingerprint density at radius 1 is 1.60 bits per heavy atom. The molecule has 80 valence electrons. The van der Waals surface area contributed by atoms with Crippen LogP contribution >= 0.6 is 23.6 Å². The lowest BCUT2D eigenvalue weighted by molar-refractivity contribution is 0.405. The highest BCUT2D eigenvalue weighted by molar-refractivity contribution is 7.71. The van der Waals surface area contributed by atoms with Gasteiger partial charge in [0.1, 0.15) is 0 Å². The van der Waals surface area contributed by atoms with Crippen LogP contribution in [0.5, 0.6) is 0 Å². The highest BCUT2D eigenvalue weighted by Crippen LogP contribution is 2.28. The van der Waals surface area contributed by atoms with Gasteiger partial charge in [-0.2, -0.15) is 5.21 Å². The number of aromatic nitrogens is 4. The molecule has 2 aromatic heterocycles.